The van der Waals surface area contributed by atoms with Crippen LogP contribution in [0.5, 0.6) is 0 Å². The zero-order valence-electron chi connectivity index (χ0n) is 11.0. The van der Waals surface area contributed by atoms with Crippen molar-refractivity contribution < 1.29 is 18.3 Å². The fourth-order valence-corrected chi connectivity index (χ4v) is 3.62. The maximum atomic E-state index is 12.4. The lowest BCUT2D eigenvalue weighted by atomic mass is 10.4. The summed E-state index contributed by atoms with van der Waals surface area (Å²) in [4.78, 5) is 16.5. The molecule has 1 aromatic heterocycles. The van der Waals surface area contributed by atoms with E-state index in [1.54, 1.807) is 11.0 Å². The van der Waals surface area contributed by atoms with E-state index in [9.17, 15) is 13.2 Å². The molecule has 1 fully saturated rings. The predicted molar refractivity (Wildman–Crippen MR) is 71.7 cm³/mol. The van der Waals surface area contributed by atoms with E-state index in [0.29, 0.717) is 32.6 Å². The minimum absolute atomic E-state index is 0.0548. The Morgan fingerprint density at radius 1 is 1.30 bits per heavy atom. The summed E-state index contributed by atoms with van der Waals surface area (Å²) in [6.07, 6.45) is 3.47. The number of nitrogens with zero attached hydrogens (tertiary/aromatic N) is 3. The Bertz CT molecular complexity index is 561. The van der Waals surface area contributed by atoms with Crippen molar-refractivity contribution in [2.24, 2.45) is 0 Å². The summed E-state index contributed by atoms with van der Waals surface area (Å²) in [6.45, 7) is 1.65. The van der Waals surface area contributed by atoms with E-state index in [2.05, 4.69) is 4.98 Å². The molecule has 20 heavy (non-hydrogen) atoms. The van der Waals surface area contributed by atoms with Crippen LogP contribution in [0.2, 0.25) is 0 Å². The standard InChI is InChI=1S/C12H17N3O4S/c16-12(17)10-14-5-2-6-15(8-7-14)20(18,19)11-3-1-4-13-9-11/h1,3-4,9H,2,5-8,10H2,(H,16,17). The highest BCUT2D eigenvalue weighted by Crippen LogP contribution is 2.16. The first-order chi connectivity index (χ1) is 9.50. The van der Waals surface area contributed by atoms with E-state index in [4.69, 9.17) is 5.11 Å². The van der Waals surface area contributed by atoms with Crippen molar-refractivity contribution in [3.05, 3.63) is 24.5 Å². The number of carbonyl (C=O) groups is 1. The Morgan fingerprint density at radius 3 is 2.75 bits per heavy atom. The van der Waals surface area contributed by atoms with Crippen LogP contribution < -0.4 is 0 Å². The smallest absolute Gasteiger partial charge is 0.317 e. The van der Waals surface area contributed by atoms with Crippen molar-refractivity contribution in [2.75, 3.05) is 32.7 Å². The average Bonchev–Trinajstić information content (AvgIpc) is 2.65. The number of sulfonamides is 1. The number of aliphatic carboxylic acids is 1. The zero-order chi connectivity index (χ0) is 14.6. The van der Waals surface area contributed by atoms with Gasteiger partial charge in [0.25, 0.3) is 0 Å². The quantitative estimate of drug-likeness (QED) is 0.832. The second-order valence-electron chi connectivity index (χ2n) is 4.62. The molecular formula is C12H17N3O4S. The molecule has 1 aromatic rings. The second kappa shape index (κ2) is 6.29. The number of carboxylic acids is 1. The normalized spacial score (nSPS) is 18.6. The molecule has 110 valence electrons. The molecule has 0 aliphatic carbocycles. The van der Waals surface area contributed by atoms with Crippen molar-refractivity contribution in [3.63, 3.8) is 0 Å². The molecule has 0 amide bonds. The fourth-order valence-electron chi connectivity index (χ4n) is 2.19. The maximum absolute atomic E-state index is 12.4. The van der Waals surface area contributed by atoms with E-state index < -0.39 is 16.0 Å². The Labute approximate surface area is 117 Å². The maximum Gasteiger partial charge on any atom is 0.317 e. The molecule has 1 aliphatic heterocycles. The van der Waals surface area contributed by atoms with Gasteiger partial charge >= 0.3 is 5.97 Å². The van der Waals surface area contributed by atoms with E-state index >= 15 is 0 Å². The number of aromatic nitrogens is 1. The Hall–Kier alpha value is -1.51. The number of pyridine rings is 1. The molecule has 2 rings (SSSR count). The summed E-state index contributed by atoms with van der Waals surface area (Å²) >= 11 is 0. The highest BCUT2D eigenvalue weighted by molar-refractivity contribution is 7.89. The number of carboxylic acid groups (broad SMARTS) is 1. The van der Waals surface area contributed by atoms with Gasteiger partial charge in [0.2, 0.25) is 10.0 Å². The molecule has 8 heteroatoms. The van der Waals surface area contributed by atoms with E-state index in [-0.39, 0.29) is 11.4 Å². The number of hydrogen-bond donors (Lipinski definition) is 1. The van der Waals surface area contributed by atoms with Crippen LogP contribution in [-0.4, -0.2) is 66.4 Å². The third kappa shape index (κ3) is 3.53. The van der Waals surface area contributed by atoms with Crippen molar-refractivity contribution >= 4 is 16.0 Å². The van der Waals surface area contributed by atoms with Gasteiger partial charge in [0, 0.05) is 38.6 Å². The van der Waals surface area contributed by atoms with E-state index in [1.807, 2.05) is 0 Å². The molecule has 1 saturated heterocycles. The van der Waals surface area contributed by atoms with Gasteiger partial charge in [-0.25, -0.2) is 8.42 Å². The van der Waals surface area contributed by atoms with Crippen LogP contribution in [0.4, 0.5) is 0 Å². The largest absolute Gasteiger partial charge is 0.480 e. The monoisotopic (exact) mass is 299 g/mol. The molecule has 0 saturated carbocycles. The van der Waals surface area contributed by atoms with Crippen LogP contribution in [-0.2, 0) is 14.8 Å². The van der Waals surface area contributed by atoms with Gasteiger partial charge in [-0.15, -0.1) is 0 Å². The van der Waals surface area contributed by atoms with Crippen LogP contribution in [0.25, 0.3) is 0 Å². The minimum Gasteiger partial charge on any atom is -0.480 e. The van der Waals surface area contributed by atoms with Gasteiger partial charge in [-0.2, -0.15) is 4.31 Å². The lowest BCUT2D eigenvalue weighted by molar-refractivity contribution is -0.138. The SMILES string of the molecule is O=C(O)CN1CCCN(S(=O)(=O)c2cccnc2)CC1. The first kappa shape index (κ1) is 14.9. The summed E-state index contributed by atoms with van der Waals surface area (Å²) in [5.41, 5.74) is 0. The summed E-state index contributed by atoms with van der Waals surface area (Å²) in [7, 11) is -3.54. The summed E-state index contributed by atoms with van der Waals surface area (Å²) in [5.74, 6) is -0.895. The fraction of sp³-hybridized carbons (Fsp3) is 0.500. The van der Waals surface area contributed by atoms with Gasteiger partial charge in [-0.05, 0) is 18.6 Å². The molecule has 0 atom stereocenters. The van der Waals surface area contributed by atoms with Gasteiger partial charge in [-0.3, -0.25) is 14.7 Å². The molecule has 0 spiro atoms. The molecule has 1 N–H and O–H groups in total. The third-order valence-corrected chi connectivity index (χ3v) is 5.06. The summed E-state index contributed by atoms with van der Waals surface area (Å²) < 4.78 is 26.2. The van der Waals surface area contributed by atoms with Crippen LogP contribution in [0.15, 0.2) is 29.4 Å². The predicted octanol–water partition coefficient (Wildman–Crippen LogP) is -0.137. The van der Waals surface area contributed by atoms with E-state index in [1.165, 1.54) is 22.8 Å². The lowest BCUT2D eigenvalue weighted by Crippen LogP contribution is -2.36. The van der Waals surface area contributed by atoms with Crippen LogP contribution in [0, 0.1) is 0 Å². The van der Waals surface area contributed by atoms with Crippen LogP contribution in [0.1, 0.15) is 6.42 Å². The van der Waals surface area contributed by atoms with Crippen LogP contribution in [0.3, 0.4) is 0 Å². The molecule has 0 bridgehead atoms. The Kier molecular flexibility index (Phi) is 4.69. The molecule has 0 aromatic carbocycles. The molecule has 0 unspecified atom stereocenters. The number of rotatable bonds is 4. The van der Waals surface area contributed by atoms with Crippen molar-refractivity contribution in [1.29, 1.82) is 0 Å². The Balaban J connectivity index is 2.09. The van der Waals surface area contributed by atoms with Crippen molar-refractivity contribution in [1.82, 2.24) is 14.2 Å². The topological polar surface area (TPSA) is 90.8 Å². The van der Waals surface area contributed by atoms with Gasteiger partial charge in [-0.1, -0.05) is 0 Å². The van der Waals surface area contributed by atoms with Gasteiger partial charge in [0.1, 0.15) is 4.90 Å². The highest BCUT2D eigenvalue weighted by atomic mass is 32.2. The lowest BCUT2D eigenvalue weighted by Gasteiger charge is -2.20. The first-order valence-electron chi connectivity index (χ1n) is 6.34. The van der Waals surface area contributed by atoms with Crippen molar-refractivity contribution in [2.45, 2.75) is 11.3 Å². The molecular weight excluding hydrogens is 282 g/mol. The van der Waals surface area contributed by atoms with Crippen molar-refractivity contribution in [3.8, 4) is 0 Å². The number of hydrogen-bond acceptors (Lipinski definition) is 5. The average molecular weight is 299 g/mol. The summed E-state index contributed by atoms with van der Waals surface area (Å²) in [5, 5.41) is 8.78. The molecule has 0 radical (unpaired) electrons. The van der Waals surface area contributed by atoms with Gasteiger partial charge in [0.05, 0.1) is 6.54 Å². The van der Waals surface area contributed by atoms with Crippen LogP contribution >= 0.6 is 0 Å². The van der Waals surface area contributed by atoms with Gasteiger partial charge < -0.3 is 5.11 Å². The minimum atomic E-state index is -3.54. The molecule has 7 nitrogen and oxygen atoms in total. The molecule has 1 aliphatic rings. The van der Waals surface area contributed by atoms with Gasteiger partial charge in [0.15, 0.2) is 0 Å². The highest BCUT2D eigenvalue weighted by Gasteiger charge is 2.27. The third-order valence-electron chi connectivity index (χ3n) is 3.18. The second-order valence-corrected chi connectivity index (χ2v) is 6.55. The zero-order valence-corrected chi connectivity index (χ0v) is 11.8. The first-order valence-corrected chi connectivity index (χ1v) is 7.78. The molecule has 2 heterocycles. The Morgan fingerprint density at radius 2 is 2.10 bits per heavy atom. The summed E-state index contributed by atoms with van der Waals surface area (Å²) in [6, 6.07) is 3.10. The van der Waals surface area contributed by atoms with E-state index in [0.717, 1.165) is 0 Å².